The summed E-state index contributed by atoms with van der Waals surface area (Å²) in [5.74, 6) is 1.65. The highest BCUT2D eigenvalue weighted by atomic mass is 16.5. The zero-order chi connectivity index (χ0) is 17.6. The van der Waals surface area contributed by atoms with Crippen molar-refractivity contribution in [1.82, 2.24) is 10.2 Å². The first kappa shape index (κ1) is 17.1. The van der Waals surface area contributed by atoms with Gasteiger partial charge >= 0.3 is 6.03 Å². The fourth-order valence-corrected chi connectivity index (χ4v) is 2.88. The zero-order valence-corrected chi connectivity index (χ0v) is 14.2. The summed E-state index contributed by atoms with van der Waals surface area (Å²) >= 11 is 0. The largest absolute Gasteiger partial charge is 0.464 e. The number of furan rings is 1. The molecular weight excluding hydrogens is 318 g/mol. The number of urea groups is 1. The summed E-state index contributed by atoms with van der Waals surface area (Å²) in [7, 11) is 0. The molecule has 0 bridgehead atoms. The van der Waals surface area contributed by atoms with Gasteiger partial charge in [-0.2, -0.15) is 5.26 Å². The standard InChI is InChI=1S/C19H21N3O3/c1-2-16-6-7-18(25-16)17-13-24-9-8-22(17)19(23)21-12-15-5-3-4-14(10-15)11-20/h3-7,10,17H,2,8-9,12-13H2,1H3,(H,21,23)/t17-/m0/s1. The first-order valence-corrected chi connectivity index (χ1v) is 8.41. The molecule has 1 aliphatic rings. The number of nitrogens with one attached hydrogen (secondary N) is 1. The Labute approximate surface area is 147 Å². The summed E-state index contributed by atoms with van der Waals surface area (Å²) in [6.07, 6.45) is 0.814. The first-order valence-electron chi connectivity index (χ1n) is 8.41. The number of nitriles is 1. The van der Waals surface area contributed by atoms with E-state index in [0.29, 0.717) is 31.9 Å². The lowest BCUT2D eigenvalue weighted by Crippen LogP contribution is -2.47. The third kappa shape index (κ3) is 4.01. The van der Waals surface area contributed by atoms with Gasteiger partial charge in [-0.3, -0.25) is 0 Å². The Kier molecular flexibility index (Phi) is 5.36. The minimum Gasteiger partial charge on any atom is -0.464 e. The SMILES string of the molecule is CCc1ccc([C@@H]2COCCN2C(=O)NCc2cccc(C#N)c2)o1. The number of amides is 2. The Morgan fingerprint density at radius 3 is 3.04 bits per heavy atom. The van der Waals surface area contributed by atoms with Gasteiger partial charge in [0, 0.05) is 19.5 Å². The van der Waals surface area contributed by atoms with Crippen LogP contribution in [0.3, 0.4) is 0 Å². The molecule has 0 unspecified atom stereocenters. The highest BCUT2D eigenvalue weighted by Crippen LogP contribution is 2.26. The van der Waals surface area contributed by atoms with Crippen LogP contribution in [-0.4, -0.2) is 30.7 Å². The Bertz CT molecular complexity index is 778. The summed E-state index contributed by atoms with van der Waals surface area (Å²) in [6, 6.07) is 12.8. The number of aryl methyl sites for hydroxylation is 1. The summed E-state index contributed by atoms with van der Waals surface area (Å²) in [5, 5.41) is 11.9. The van der Waals surface area contributed by atoms with Gasteiger partial charge in [0.25, 0.3) is 0 Å². The van der Waals surface area contributed by atoms with Gasteiger partial charge in [0.05, 0.1) is 24.8 Å². The van der Waals surface area contributed by atoms with Crippen LogP contribution in [0.1, 0.15) is 35.6 Å². The summed E-state index contributed by atoms with van der Waals surface area (Å²) < 4.78 is 11.3. The van der Waals surface area contributed by atoms with Gasteiger partial charge < -0.3 is 19.4 Å². The summed E-state index contributed by atoms with van der Waals surface area (Å²) in [4.78, 5) is 14.4. The van der Waals surface area contributed by atoms with Crippen molar-refractivity contribution in [2.75, 3.05) is 19.8 Å². The number of hydrogen-bond acceptors (Lipinski definition) is 4. The van der Waals surface area contributed by atoms with Gasteiger partial charge in [-0.25, -0.2) is 4.79 Å². The van der Waals surface area contributed by atoms with E-state index in [1.165, 1.54) is 0 Å². The van der Waals surface area contributed by atoms with Gasteiger partial charge in [0.15, 0.2) is 0 Å². The molecule has 1 saturated heterocycles. The van der Waals surface area contributed by atoms with Crippen molar-refractivity contribution in [2.24, 2.45) is 0 Å². The van der Waals surface area contributed by atoms with Crippen molar-refractivity contribution in [2.45, 2.75) is 25.9 Å². The molecule has 2 aromatic rings. The molecule has 25 heavy (non-hydrogen) atoms. The maximum absolute atomic E-state index is 12.6. The van der Waals surface area contributed by atoms with E-state index in [1.807, 2.05) is 31.2 Å². The molecule has 0 saturated carbocycles. The molecule has 1 N–H and O–H groups in total. The predicted octanol–water partition coefficient (Wildman–Crippen LogP) is 3.00. The van der Waals surface area contributed by atoms with E-state index in [0.717, 1.165) is 23.5 Å². The van der Waals surface area contributed by atoms with Crippen molar-refractivity contribution in [3.63, 3.8) is 0 Å². The molecule has 1 atom stereocenters. The zero-order valence-electron chi connectivity index (χ0n) is 14.2. The maximum atomic E-state index is 12.6. The van der Waals surface area contributed by atoms with Crippen molar-refractivity contribution < 1.29 is 13.9 Å². The Hall–Kier alpha value is -2.78. The van der Waals surface area contributed by atoms with Crippen LogP contribution in [0.25, 0.3) is 0 Å². The topological polar surface area (TPSA) is 78.5 Å². The molecule has 3 rings (SSSR count). The van der Waals surface area contributed by atoms with Gasteiger partial charge in [-0.1, -0.05) is 19.1 Å². The van der Waals surface area contributed by atoms with Crippen molar-refractivity contribution in [3.05, 3.63) is 59.0 Å². The van der Waals surface area contributed by atoms with E-state index in [2.05, 4.69) is 11.4 Å². The molecule has 130 valence electrons. The fourth-order valence-electron chi connectivity index (χ4n) is 2.88. The minimum absolute atomic E-state index is 0.162. The molecule has 0 radical (unpaired) electrons. The summed E-state index contributed by atoms with van der Waals surface area (Å²) in [5.41, 5.74) is 1.47. The number of benzene rings is 1. The van der Waals surface area contributed by atoms with E-state index in [1.54, 1.807) is 17.0 Å². The molecule has 6 nitrogen and oxygen atoms in total. The van der Waals surface area contributed by atoms with Crippen molar-refractivity contribution >= 4 is 6.03 Å². The Morgan fingerprint density at radius 2 is 2.28 bits per heavy atom. The number of morpholine rings is 1. The third-order valence-electron chi connectivity index (χ3n) is 4.25. The smallest absolute Gasteiger partial charge is 0.318 e. The average Bonchev–Trinajstić information content (AvgIpc) is 3.15. The number of carbonyl (C=O) groups excluding carboxylic acids is 1. The van der Waals surface area contributed by atoms with Crippen LogP contribution in [0.5, 0.6) is 0 Å². The third-order valence-corrected chi connectivity index (χ3v) is 4.25. The summed E-state index contributed by atoms with van der Waals surface area (Å²) in [6.45, 7) is 3.84. The van der Waals surface area contributed by atoms with Crippen LogP contribution in [0.2, 0.25) is 0 Å². The average molecular weight is 339 g/mol. The fraction of sp³-hybridized carbons (Fsp3) is 0.368. The molecule has 0 aliphatic carbocycles. The van der Waals surface area contributed by atoms with E-state index >= 15 is 0 Å². The lowest BCUT2D eigenvalue weighted by Gasteiger charge is -2.34. The van der Waals surface area contributed by atoms with Crippen LogP contribution in [0.15, 0.2) is 40.8 Å². The Balaban J connectivity index is 1.67. The van der Waals surface area contributed by atoms with Crippen LogP contribution in [-0.2, 0) is 17.7 Å². The van der Waals surface area contributed by atoms with E-state index in [4.69, 9.17) is 14.4 Å². The van der Waals surface area contributed by atoms with E-state index < -0.39 is 0 Å². The van der Waals surface area contributed by atoms with Crippen LogP contribution in [0, 0.1) is 11.3 Å². The second-order valence-electron chi connectivity index (χ2n) is 5.91. The van der Waals surface area contributed by atoms with Crippen molar-refractivity contribution in [1.29, 1.82) is 5.26 Å². The molecule has 6 heteroatoms. The highest BCUT2D eigenvalue weighted by Gasteiger charge is 2.30. The van der Waals surface area contributed by atoms with Crippen LogP contribution >= 0.6 is 0 Å². The van der Waals surface area contributed by atoms with Crippen molar-refractivity contribution in [3.8, 4) is 6.07 Å². The number of nitrogens with zero attached hydrogens (tertiary/aromatic N) is 2. The van der Waals surface area contributed by atoms with Gasteiger partial charge in [-0.15, -0.1) is 0 Å². The highest BCUT2D eigenvalue weighted by molar-refractivity contribution is 5.74. The molecule has 1 fully saturated rings. The first-order chi connectivity index (χ1) is 12.2. The molecule has 2 heterocycles. The number of rotatable bonds is 4. The minimum atomic E-state index is -0.223. The monoisotopic (exact) mass is 339 g/mol. The van der Waals surface area contributed by atoms with Gasteiger partial charge in [0.2, 0.25) is 0 Å². The second kappa shape index (κ2) is 7.86. The molecular formula is C19H21N3O3. The lowest BCUT2D eigenvalue weighted by atomic mass is 10.1. The van der Waals surface area contributed by atoms with E-state index in [9.17, 15) is 4.79 Å². The van der Waals surface area contributed by atoms with Crippen LogP contribution in [0.4, 0.5) is 4.79 Å². The second-order valence-corrected chi connectivity index (χ2v) is 5.91. The maximum Gasteiger partial charge on any atom is 0.318 e. The molecule has 1 aromatic heterocycles. The Morgan fingerprint density at radius 1 is 1.40 bits per heavy atom. The molecule has 1 aromatic carbocycles. The van der Waals surface area contributed by atoms with Crippen LogP contribution < -0.4 is 5.32 Å². The quantitative estimate of drug-likeness (QED) is 0.929. The van der Waals surface area contributed by atoms with Gasteiger partial charge in [-0.05, 0) is 29.8 Å². The predicted molar refractivity (Wildman–Crippen MR) is 91.7 cm³/mol. The molecule has 1 aliphatic heterocycles. The molecule has 2 amide bonds. The number of hydrogen-bond donors (Lipinski definition) is 1. The molecule has 0 spiro atoms. The number of carbonyl (C=O) groups is 1. The van der Waals surface area contributed by atoms with E-state index in [-0.39, 0.29) is 12.1 Å². The number of ether oxygens (including phenoxy) is 1. The normalized spacial score (nSPS) is 17.1. The lowest BCUT2D eigenvalue weighted by molar-refractivity contribution is 0.00392. The van der Waals surface area contributed by atoms with Gasteiger partial charge in [0.1, 0.15) is 17.6 Å².